The van der Waals surface area contributed by atoms with E-state index < -0.39 is 5.60 Å². The average molecular weight is 241 g/mol. The Kier molecular flexibility index (Phi) is 5.94. The van der Waals surface area contributed by atoms with Crippen LogP contribution in [0.25, 0.3) is 0 Å². The number of hydrogen-bond donors (Lipinski definition) is 2. The second-order valence-corrected chi connectivity index (χ2v) is 6.77. The Morgan fingerprint density at radius 1 is 1.00 bits per heavy atom. The monoisotopic (exact) mass is 241 g/mol. The van der Waals surface area contributed by atoms with Gasteiger partial charge in [-0.25, -0.2) is 0 Å². The molecule has 1 aliphatic rings. The summed E-state index contributed by atoms with van der Waals surface area (Å²) in [7, 11) is 0. The molecule has 0 atom stereocenters. The third-order valence-corrected chi connectivity index (χ3v) is 3.77. The van der Waals surface area contributed by atoms with Gasteiger partial charge in [0, 0.05) is 12.6 Å². The molecule has 1 aliphatic carbocycles. The van der Waals surface area contributed by atoms with Gasteiger partial charge in [0.05, 0.1) is 5.60 Å². The molecule has 17 heavy (non-hydrogen) atoms. The Morgan fingerprint density at radius 3 is 1.88 bits per heavy atom. The molecule has 0 amide bonds. The van der Waals surface area contributed by atoms with Crippen molar-refractivity contribution in [3.63, 3.8) is 0 Å². The van der Waals surface area contributed by atoms with Gasteiger partial charge in [-0.3, -0.25) is 0 Å². The van der Waals surface area contributed by atoms with E-state index in [0.717, 1.165) is 31.2 Å². The minimum absolute atomic E-state index is 0.411. The first kappa shape index (κ1) is 15.0. The third-order valence-electron chi connectivity index (χ3n) is 3.77. The molecule has 0 radical (unpaired) electrons. The standard InChI is InChI=1S/C15H31NO/c1-12(2)9-14(10-13(3)4)16-11-15(17)7-5-6-8-15/h12-14,16-17H,5-11H2,1-4H3. The normalized spacial score (nSPS) is 19.8. The van der Waals surface area contributed by atoms with Crippen LogP contribution >= 0.6 is 0 Å². The maximum atomic E-state index is 10.3. The summed E-state index contributed by atoms with van der Waals surface area (Å²) in [6.45, 7) is 9.90. The summed E-state index contributed by atoms with van der Waals surface area (Å²) >= 11 is 0. The van der Waals surface area contributed by atoms with E-state index in [1.54, 1.807) is 0 Å². The molecule has 2 nitrogen and oxygen atoms in total. The lowest BCUT2D eigenvalue weighted by molar-refractivity contribution is 0.0432. The van der Waals surface area contributed by atoms with Crippen LogP contribution in [0.15, 0.2) is 0 Å². The van der Waals surface area contributed by atoms with Crippen molar-refractivity contribution >= 4 is 0 Å². The molecule has 0 bridgehead atoms. The summed E-state index contributed by atoms with van der Waals surface area (Å²) in [4.78, 5) is 0. The molecule has 0 saturated heterocycles. The van der Waals surface area contributed by atoms with Gasteiger partial charge in [0.25, 0.3) is 0 Å². The van der Waals surface area contributed by atoms with Gasteiger partial charge < -0.3 is 10.4 Å². The largest absolute Gasteiger partial charge is 0.389 e. The molecule has 2 heteroatoms. The predicted octanol–water partition coefficient (Wildman–Crippen LogP) is 3.34. The molecule has 2 N–H and O–H groups in total. The summed E-state index contributed by atoms with van der Waals surface area (Å²) in [6, 6.07) is 0.569. The first-order valence-electron chi connectivity index (χ1n) is 7.37. The minimum atomic E-state index is -0.411. The van der Waals surface area contributed by atoms with Crippen LogP contribution in [0.2, 0.25) is 0 Å². The maximum Gasteiger partial charge on any atom is 0.0771 e. The lowest BCUT2D eigenvalue weighted by Crippen LogP contribution is -2.43. The summed E-state index contributed by atoms with van der Waals surface area (Å²) < 4.78 is 0. The quantitative estimate of drug-likeness (QED) is 0.716. The zero-order valence-corrected chi connectivity index (χ0v) is 12.1. The van der Waals surface area contributed by atoms with Crippen LogP contribution in [-0.4, -0.2) is 23.3 Å². The Bertz CT molecular complexity index is 197. The van der Waals surface area contributed by atoms with Crippen molar-refractivity contribution in [2.75, 3.05) is 6.54 Å². The van der Waals surface area contributed by atoms with Crippen LogP contribution < -0.4 is 5.32 Å². The molecule has 0 aromatic rings. The number of hydrogen-bond acceptors (Lipinski definition) is 2. The topological polar surface area (TPSA) is 32.3 Å². The third kappa shape index (κ3) is 5.87. The number of nitrogens with one attached hydrogen (secondary N) is 1. The van der Waals surface area contributed by atoms with E-state index in [9.17, 15) is 5.11 Å². The average Bonchev–Trinajstić information content (AvgIpc) is 2.61. The van der Waals surface area contributed by atoms with E-state index in [4.69, 9.17) is 0 Å². The molecule has 1 fully saturated rings. The highest BCUT2D eigenvalue weighted by Crippen LogP contribution is 2.29. The van der Waals surface area contributed by atoms with Crippen LogP contribution in [0.5, 0.6) is 0 Å². The van der Waals surface area contributed by atoms with Crippen LogP contribution in [0.4, 0.5) is 0 Å². The molecule has 0 unspecified atom stereocenters. The molecule has 0 aromatic heterocycles. The fourth-order valence-corrected chi connectivity index (χ4v) is 2.95. The molecule has 1 saturated carbocycles. The molecule has 102 valence electrons. The summed E-state index contributed by atoms with van der Waals surface area (Å²) in [5.41, 5.74) is -0.411. The lowest BCUT2D eigenvalue weighted by atomic mass is 9.94. The SMILES string of the molecule is CC(C)CC(CC(C)C)NCC1(O)CCCC1. The van der Waals surface area contributed by atoms with E-state index in [0.29, 0.717) is 6.04 Å². The molecule has 0 aliphatic heterocycles. The molecule has 0 spiro atoms. The molecular formula is C15H31NO. The Labute approximate surface area is 107 Å². The zero-order valence-electron chi connectivity index (χ0n) is 12.1. The van der Waals surface area contributed by atoms with Crippen LogP contribution in [0, 0.1) is 11.8 Å². The highest BCUT2D eigenvalue weighted by Gasteiger charge is 2.31. The summed E-state index contributed by atoms with van der Waals surface area (Å²) in [5, 5.41) is 14.0. The fourth-order valence-electron chi connectivity index (χ4n) is 2.95. The predicted molar refractivity (Wildman–Crippen MR) is 74.1 cm³/mol. The van der Waals surface area contributed by atoms with Gasteiger partial charge in [-0.05, 0) is 37.5 Å². The van der Waals surface area contributed by atoms with Crippen molar-refractivity contribution in [1.82, 2.24) is 5.32 Å². The minimum Gasteiger partial charge on any atom is -0.389 e. The van der Waals surface area contributed by atoms with Gasteiger partial charge in [0.2, 0.25) is 0 Å². The maximum absolute atomic E-state index is 10.3. The van der Waals surface area contributed by atoms with Crippen LogP contribution in [-0.2, 0) is 0 Å². The van der Waals surface area contributed by atoms with Crippen molar-refractivity contribution in [3.05, 3.63) is 0 Å². The first-order chi connectivity index (χ1) is 7.91. The van der Waals surface area contributed by atoms with E-state index in [1.807, 2.05) is 0 Å². The fraction of sp³-hybridized carbons (Fsp3) is 1.00. The van der Waals surface area contributed by atoms with Crippen LogP contribution in [0.3, 0.4) is 0 Å². The Hall–Kier alpha value is -0.0800. The van der Waals surface area contributed by atoms with Crippen molar-refractivity contribution in [2.45, 2.75) is 77.9 Å². The van der Waals surface area contributed by atoms with Crippen LogP contribution in [0.1, 0.15) is 66.2 Å². The molecule has 0 aromatic carbocycles. The van der Waals surface area contributed by atoms with Crippen molar-refractivity contribution in [1.29, 1.82) is 0 Å². The van der Waals surface area contributed by atoms with Gasteiger partial charge in [-0.1, -0.05) is 40.5 Å². The summed E-state index contributed by atoms with van der Waals surface area (Å²) in [6.07, 6.45) is 6.78. The van der Waals surface area contributed by atoms with Gasteiger partial charge in [-0.15, -0.1) is 0 Å². The van der Waals surface area contributed by atoms with Gasteiger partial charge >= 0.3 is 0 Å². The van der Waals surface area contributed by atoms with Gasteiger partial charge in [-0.2, -0.15) is 0 Å². The van der Waals surface area contributed by atoms with Crippen molar-refractivity contribution < 1.29 is 5.11 Å². The highest BCUT2D eigenvalue weighted by molar-refractivity contribution is 4.87. The zero-order chi connectivity index (χ0) is 12.9. The highest BCUT2D eigenvalue weighted by atomic mass is 16.3. The second-order valence-electron chi connectivity index (χ2n) is 6.77. The van der Waals surface area contributed by atoms with E-state index in [-0.39, 0.29) is 0 Å². The van der Waals surface area contributed by atoms with E-state index in [1.165, 1.54) is 25.7 Å². The van der Waals surface area contributed by atoms with E-state index in [2.05, 4.69) is 33.0 Å². The molecular weight excluding hydrogens is 210 g/mol. The Balaban J connectivity index is 2.36. The Morgan fingerprint density at radius 2 is 1.47 bits per heavy atom. The van der Waals surface area contributed by atoms with Gasteiger partial charge in [0.1, 0.15) is 0 Å². The van der Waals surface area contributed by atoms with Gasteiger partial charge in [0.15, 0.2) is 0 Å². The molecule has 1 rings (SSSR count). The number of rotatable bonds is 7. The molecule has 0 heterocycles. The second kappa shape index (κ2) is 6.75. The van der Waals surface area contributed by atoms with Crippen molar-refractivity contribution in [2.24, 2.45) is 11.8 Å². The van der Waals surface area contributed by atoms with Crippen molar-refractivity contribution in [3.8, 4) is 0 Å². The number of aliphatic hydroxyl groups is 1. The van der Waals surface area contributed by atoms with E-state index >= 15 is 0 Å². The smallest absolute Gasteiger partial charge is 0.0771 e. The summed E-state index contributed by atoms with van der Waals surface area (Å²) in [5.74, 6) is 1.45. The first-order valence-corrected chi connectivity index (χ1v) is 7.37. The lowest BCUT2D eigenvalue weighted by Gasteiger charge is -2.28.